The van der Waals surface area contributed by atoms with Crippen molar-refractivity contribution in [2.24, 2.45) is 0 Å². The van der Waals surface area contributed by atoms with Crippen LogP contribution in [0.2, 0.25) is 0 Å². The third kappa shape index (κ3) is 4.69. The van der Waals surface area contributed by atoms with Crippen molar-refractivity contribution in [1.29, 1.82) is 0 Å². The monoisotopic (exact) mass is 434 g/mol. The number of fused-ring (bicyclic) bond motifs is 1. The number of hydrogen-bond donors (Lipinski definition) is 0. The average Bonchev–Trinajstić information content (AvgIpc) is 2.78. The summed E-state index contributed by atoms with van der Waals surface area (Å²) in [5, 5.41) is 0. The molecule has 0 fully saturated rings. The predicted octanol–water partition coefficient (Wildman–Crippen LogP) is 6.00. The fourth-order valence-corrected chi connectivity index (χ4v) is 5.37. The molecular formula is C27H30O3S. The molecule has 0 amide bonds. The zero-order chi connectivity index (χ0) is 22.0. The Labute approximate surface area is 187 Å². The molecule has 0 aliphatic carbocycles. The summed E-state index contributed by atoms with van der Waals surface area (Å²) in [7, 11) is -1.06. The van der Waals surface area contributed by atoms with Gasteiger partial charge in [0.2, 0.25) is 0 Å². The zero-order valence-electron chi connectivity index (χ0n) is 18.7. The maximum atomic E-state index is 12.8. The summed E-state index contributed by atoms with van der Waals surface area (Å²) < 4.78 is 25.5. The smallest absolute Gasteiger partial charge is 0.126 e. The second-order valence-corrected chi connectivity index (χ2v) is 9.89. The second kappa shape index (κ2) is 9.27. The maximum Gasteiger partial charge on any atom is 0.126 e. The molecule has 0 bridgehead atoms. The van der Waals surface area contributed by atoms with E-state index >= 15 is 0 Å². The van der Waals surface area contributed by atoms with E-state index < -0.39 is 10.8 Å². The molecular weight excluding hydrogens is 404 g/mol. The number of benzene rings is 3. The van der Waals surface area contributed by atoms with Crippen LogP contribution < -0.4 is 9.47 Å². The van der Waals surface area contributed by atoms with Gasteiger partial charge in [-0.25, -0.2) is 0 Å². The summed E-state index contributed by atoms with van der Waals surface area (Å²) in [6.45, 7) is 8.92. The van der Waals surface area contributed by atoms with Crippen molar-refractivity contribution < 1.29 is 13.7 Å². The van der Waals surface area contributed by atoms with E-state index in [4.69, 9.17) is 9.47 Å². The lowest BCUT2D eigenvalue weighted by molar-refractivity contribution is 0.192. The Morgan fingerprint density at radius 2 is 1.65 bits per heavy atom. The van der Waals surface area contributed by atoms with E-state index in [-0.39, 0.29) is 6.10 Å². The molecule has 3 aromatic rings. The minimum absolute atomic E-state index is 0.0387. The topological polar surface area (TPSA) is 35.5 Å². The molecule has 0 saturated carbocycles. The van der Waals surface area contributed by atoms with Gasteiger partial charge in [0.05, 0.1) is 16.6 Å². The van der Waals surface area contributed by atoms with Crippen molar-refractivity contribution >= 4 is 10.8 Å². The van der Waals surface area contributed by atoms with Gasteiger partial charge >= 0.3 is 0 Å². The molecule has 0 radical (unpaired) electrons. The molecule has 2 atom stereocenters. The van der Waals surface area contributed by atoms with Crippen molar-refractivity contribution in [1.82, 2.24) is 0 Å². The Morgan fingerprint density at radius 3 is 2.35 bits per heavy atom. The summed E-state index contributed by atoms with van der Waals surface area (Å²) in [6.07, 6.45) is 1.74. The van der Waals surface area contributed by atoms with Gasteiger partial charge in [-0.15, -0.1) is 0 Å². The molecule has 0 spiro atoms. The summed E-state index contributed by atoms with van der Waals surface area (Å²) in [6, 6.07) is 18.2. The molecule has 0 unspecified atom stereocenters. The Bertz CT molecular complexity index is 1090. The molecule has 31 heavy (non-hydrogen) atoms. The van der Waals surface area contributed by atoms with Crippen LogP contribution in [0.1, 0.15) is 39.8 Å². The highest BCUT2D eigenvalue weighted by molar-refractivity contribution is 7.85. The molecule has 0 aromatic heterocycles. The van der Waals surface area contributed by atoms with Crippen LogP contribution in [0.5, 0.6) is 11.5 Å². The largest absolute Gasteiger partial charge is 0.489 e. The van der Waals surface area contributed by atoms with Crippen LogP contribution in [0.25, 0.3) is 0 Å². The van der Waals surface area contributed by atoms with Crippen molar-refractivity contribution in [2.45, 2.75) is 58.1 Å². The van der Waals surface area contributed by atoms with E-state index in [1.807, 2.05) is 49.4 Å². The van der Waals surface area contributed by atoms with Crippen LogP contribution in [-0.4, -0.2) is 16.1 Å². The third-order valence-electron chi connectivity index (χ3n) is 6.16. The van der Waals surface area contributed by atoms with Crippen LogP contribution >= 0.6 is 0 Å². The van der Waals surface area contributed by atoms with Gasteiger partial charge in [-0.3, -0.25) is 4.21 Å². The molecule has 162 valence electrons. The van der Waals surface area contributed by atoms with Gasteiger partial charge in [-0.05, 0) is 74.9 Å². The summed E-state index contributed by atoms with van der Waals surface area (Å²) >= 11 is 0. The predicted molar refractivity (Wildman–Crippen MR) is 127 cm³/mol. The van der Waals surface area contributed by atoms with Gasteiger partial charge in [0.25, 0.3) is 0 Å². The van der Waals surface area contributed by atoms with Gasteiger partial charge in [-0.2, -0.15) is 0 Å². The SMILES string of the molecule is Cc1ccc([S@](=O)C[C@H]2CCc3c(C)c(OCc4ccccc4)c(C)c(C)c3O2)cc1. The Balaban J connectivity index is 1.51. The Morgan fingerprint density at radius 1 is 0.935 bits per heavy atom. The first kappa shape index (κ1) is 21.6. The average molecular weight is 435 g/mol. The maximum absolute atomic E-state index is 12.8. The van der Waals surface area contributed by atoms with Gasteiger partial charge in [-0.1, -0.05) is 48.0 Å². The first-order valence-corrected chi connectivity index (χ1v) is 12.2. The van der Waals surface area contributed by atoms with E-state index in [1.54, 1.807) is 0 Å². The fourth-order valence-electron chi connectivity index (χ4n) is 4.17. The van der Waals surface area contributed by atoms with E-state index in [0.29, 0.717) is 12.4 Å². The lowest BCUT2D eigenvalue weighted by Crippen LogP contribution is -2.29. The van der Waals surface area contributed by atoms with Gasteiger partial charge < -0.3 is 9.47 Å². The van der Waals surface area contributed by atoms with Gasteiger partial charge in [0.15, 0.2) is 0 Å². The highest BCUT2D eigenvalue weighted by atomic mass is 32.2. The van der Waals surface area contributed by atoms with E-state index in [9.17, 15) is 4.21 Å². The van der Waals surface area contributed by atoms with Crippen molar-refractivity contribution in [2.75, 3.05) is 5.75 Å². The first-order valence-electron chi connectivity index (χ1n) is 10.8. The van der Waals surface area contributed by atoms with Crippen LogP contribution in [0.4, 0.5) is 0 Å². The van der Waals surface area contributed by atoms with Gasteiger partial charge in [0.1, 0.15) is 24.2 Å². The highest BCUT2D eigenvalue weighted by Crippen LogP contribution is 2.41. The molecule has 0 saturated heterocycles. The summed E-state index contributed by atoms with van der Waals surface area (Å²) in [5.41, 5.74) is 6.96. The van der Waals surface area contributed by atoms with Crippen LogP contribution in [-0.2, 0) is 23.8 Å². The highest BCUT2D eigenvalue weighted by Gasteiger charge is 2.28. The molecule has 0 N–H and O–H groups in total. The molecule has 3 nitrogen and oxygen atoms in total. The normalized spacial score (nSPS) is 16.3. The number of aryl methyl sites for hydroxylation is 1. The molecule has 1 aliphatic heterocycles. The molecule has 1 heterocycles. The first-order chi connectivity index (χ1) is 14.9. The number of ether oxygens (including phenoxy) is 2. The van der Waals surface area contributed by atoms with Gasteiger partial charge in [0, 0.05) is 10.5 Å². The van der Waals surface area contributed by atoms with Crippen LogP contribution in [0, 0.1) is 27.7 Å². The van der Waals surface area contributed by atoms with E-state index in [2.05, 4.69) is 32.9 Å². The molecule has 4 heteroatoms. The zero-order valence-corrected chi connectivity index (χ0v) is 19.6. The molecule has 3 aromatic carbocycles. The van der Waals surface area contributed by atoms with Crippen LogP contribution in [0.3, 0.4) is 0 Å². The quantitative estimate of drug-likeness (QED) is 0.477. The molecule has 4 rings (SSSR count). The van der Waals surface area contributed by atoms with Crippen molar-refractivity contribution in [3.05, 3.63) is 88.0 Å². The van der Waals surface area contributed by atoms with Crippen molar-refractivity contribution in [3.8, 4) is 11.5 Å². The fraction of sp³-hybridized carbons (Fsp3) is 0.333. The van der Waals surface area contributed by atoms with Crippen molar-refractivity contribution in [3.63, 3.8) is 0 Å². The lowest BCUT2D eigenvalue weighted by atomic mass is 9.92. The standard InChI is InChI=1S/C27H30O3S/c1-18-10-13-24(14-11-18)31(28)17-23-12-15-25-21(4)26(19(2)20(3)27(25)30-23)29-16-22-8-6-5-7-9-22/h5-11,13-14,23H,12,15-17H2,1-4H3/t23-,31-/m1/s1. The minimum Gasteiger partial charge on any atom is -0.489 e. The van der Waals surface area contributed by atoms with E-state index in [0.717, 1.165) is 51.5 Å². The number of rotatable bonds is 6. The molecule has 1 aliphatic rings. The summed E-state index contributed by atoms with van der Waals surface area (Å²) in [5.74, 6) is 2.44. The summed E-state index contributed by atoms with van der Waals surface area (Å²) in [4.78, 5) is 0.869. The van der Waals surface area contributed by atoms with E-state index in [1.165, 1.54) is 11.1 Å². The lowest BCUT2D eigenvalue weighted by Gasteiger charge is -2.30. The van der Waals surface area contributed by atoms with Crippen LogP contribution in [0.15, 0.2) is 59.5 Å². The minimum atomic E-state index is -1.06. The Kier molecular flexibility index (Phi) is 6.47. The number of hydrogen-bond acceptors (Lipinski definition) is 3. The third-order valence-corrected chi connectivity index (χ3v) is 7.63. The second-order valence-electron chi connectivity index (χ2n) is 8.39. The Hall–Kier alpha value is -2.59.